The van der Waals surface area contributed by atoms with Gasteiger partial charge in [0.1, 0.15) is 17.8 Å². The molecule has 10 nitrogen and oxygen atoms in total. The summed E-state index contributed by atoms with van der Waals surface area (Å²) in [5.74, 6) is 1.26. The number of carbonyl (C=O) groups excluding carboxylic acids is 1. The van der Waals surface area contributed by atoms with Crippen LogP contribution in [0.2, 0.25) is 0 Å². The summed E-state index contributed by atoms with van der Waals surface area (Å²) in [4.78, 5) is 28.6. The van der Waals surface area contributed by atoms with E-state index in [9.17, 15) is 9.18 Å². The zero-order valence-corrected chi connectivity index (χ0v) is 22.7. The van der Waals surface area contributed by atoms with Gasteiger partial charge in [0.2, 0.25) is 5.91 Å². The molecule has 5 rings (SSSR count). The number of alkyl halides is 1. The SMILES string of the molecule is CNc1nc(COC(=N)N2CC(F)CC2(C)C)nc2c1C(C)(C)C(=O)N2c1ccc(N2CCOCC2)cc1. The number of hydrogen-bond donors (Lipinski definition) is 2. The average Bonchev–Trinajstić information content (AvgIpc) is 3.29. The normalized spacial score (nSPS) is 22.0. The number of rotatable bonds is 5. The second kappa shape index (κ2) is 9.68. The summed E-state index contributed by atoms with van der Waals surface area (Å²) < 4.78 is 25.2. The van der Waals surface area contributed by atoms with Gasteiger partial charge in [-0.2, -0.15) is 0 Å². The van der Waals surface area contributed by atoms with Gasteiger partial charge >= 0.3 is 0 Å². The lowest BCUT2D eigenvalue weighted by Gasteiger charge is -2.32. The Bertz CT molecular complexity index is 1230. The minimum absolute atomic E-state index is 0.0806. The van der Waals surface area contributed by atoms with Crippen molar-refractivity contribution in [1.29, 1.82) is 5.41 Å². The third-order valence-corrected chi connectivity index (χ3v) is 7.65. The van der Waals surface area contributed by atoms with Crippen LogP contribution in [0.15, 0.2) is 24.3 Å². The lowest BCUT2D eigenvalue weighted by Crippen LogP contribution is -2.43. The number of anilines is 4. The first-order valence-corrected chi connectivity index (χ1v) is 13.0. The molecule has 1 amide bonds. The molecule has 0 spiro atoms. The van der Waals surface area contributed by atoms with E-state index in [0.717, 1.165) is 18.8 Å². The summed E-state index contributed by atoms with van der Waals surface area (Å²) in [5, 5.41) is 11.5. The number of morpholine rings is 1. The zero-order chi connectivity index (χ0) is 27.2. The second-order valence-corrected chi connectivity index (χ2v) is 11.1. The smallest absolute Gasteiger partial charge is 0.285 e. The molecule has 11 heteroatoms. The van der Waals surface area contributed by atoms with Crippen LogP contribution >= 0.6 is 0 Å². The van der Waals surface area contributed by atoms with Crippen LogP contribution in [0.25, 0.3) is 0 Å². The summed E-state index contributed by atoms with van der Waals surface area (Å²) in [6.45, 7) is 10.6. The maximum Gasteiger partial charge on any atom is 0.285 e. The minimum atomic E-state index is -1.00. The Kier molecular flexibility index (Phi) is 6.66. The molecule has 2 saturated heterocycles. The quantitative estimate of drug-likeness (QED) is 0.451. The van der Waals surface area contributed by atoms with Crippen molar-refractivity contribution in [2.24, 2.45) is 0 Å². The minimum Gasteiger partial charge on any atom is -0.457 e. The van der Waals surface area contributed by atoms with Crippen molar-refractivity contribution < 1.29 is 18.7 Å². The van der Waals surface area contributed by atoms with Crippen molar-refractivity contribution in [3.8, 4) is 0 Å². The Morgan fingerprint density at radius 2 is 1.82 bits per heavy atom. The Morgan fingerprint density at radius 1 is 1.16 bits per heavy atom. The van der Waals surface area contributed by atoms with Crippen LogP contribution in [0.1, 0.15) is 45.5 Å². The molecule has 0 bridgehead atoms. The maximum absolute atomic E-state index is 14.0. The molecule has 204 valence electrons. The topological polar surface area (TPSA) is 107 Å². The van der Waals surface area contributed by atoms with Crippen molar-refractivity contribution in [2.45, 2.75) is 57.8 Å². The van der Waals surface area contributed by atoms with Crippen molar-refractivity contribution in [2.75, 3.05) is 55.0 Å². The molecule has 3 aliphatic heterocycles. The van der Waals surface area contributed by atoms with Gasteiger partial charge in [-0.3, -0.25) is 15.1 Å². The van der Waals surface area contributed by atoms with E-state index in [0.29, 0.717) is 48.3 Å². The van der Waals surface area contributed by atoms with Crippen LogP contribution in [-0.2, 0) is 26.3 Å². The van der Waals surface area contributed by atoms with Gasteiger partial charge in [0.05, 0.1) is 36.4 Å². The number of ether oxygens (including phenoxy) is 2. The first-order valence-electron chi connectivity index (χ1n) is 13.0. The number of fused-ring (bicyclic) bond motifs is 1. The number of nitrogens with zero attached hydrogens (tertiary/aromatic N) is 5. The molecule has 1 aromatic carbocycles. The fourth-order valence-corrected chi connectivity index (χ4v) is 5.56. The first kappa shape index (κ1) is 26.1. The molecule has 3 aliphatic rings. The van der Waals surface area contributed by atoms with E-state index in [4.69, 9.17) is 19.9 Å². The molecular weight excluding hydrogens is 489 g/mol. The fourth-order valence-electron chi connectivity index (χ4n) is 5.56. The summed E-state index contributed by atoms with van der Waals surface area (Å²) in [6.07, 6.45) is -0.661. The number of hydrogen-bond acceptors (Lipinski definition) is 8. The molecule has 2 fully saturated rings. The van der Waals surface area contributed by atoms with Gasteiger partial charge in [-0.1, -0.05) is 0 Å². The monoisotopic (exact) mass is 525 g/mol. The van der Waals surface area contributed by atoms with Crippen molar-refractivity contribution in [1.82, 2.24) is 14.9 Å². The van der Waals surface area contributed by atoms with Gasteiger partial charge < -0.3 is 24.6 Å². The highest BCUT2D eigenvalue weighted by Crippen LogP contribution is 2.47. The van der Waals surface area contributed by atoms with Crippen molar-refractivity contribution in [3.05, 3.63) is 35.7 Å². The van der Waals surface area contributed by atoms with Crippen LogP contribution in [0.3, 0.4) is 0 Å². The first-order chi connectivity index (χ1) is 18.0. The maximum atomic E-state index is 14.0. The molecule has 38 heavy (non-hydrogen) atoms. The number of amidine groups is 1. The van der Waals surface area contributed by atoms with Crippen LogP contribution in [0.5, 0.6) is 0 Å². The Hall–Kier alpha value is -3.47. The highest BCUT2D eigenvalue weighted by atomic mass is 19.1. The Balaban J connectivity index is 1.43. The van der Waals surface area contributed by atoms with E-state index >= 15 is 0 Å². The predicted molar refractivity (Wildman–Crippen MR) is 144 cm³/mol. The van der Waals surface area contributed by atoms with Gasteiger partial charge in [0.15, 0.2) is 12.4 Å². The summed E-state index contributed by atoms with van der Waals surface area (Å²) in [5.41, 5.74) is 1.15. The van der Waals surface area contributed by atoms with Crippen LogP contribution in [0, 0.1) is 5.41 Å². The van der Waals surface area contributed by atoms with Gasteiger partial charge in [-0.25, -0.2) is 14.4 Å². The highest BCUT2D eigenvalue weighted by molar-refractivity contribution is 6.12. The number of likely N-dealkylation sites (tertiary alicyclic amines) is 1. The van der Waals surface area contributed by atoms with E-state index in [1.165, 1.54) is 0 Å². The molecule has 2 aromatic rings. The van der Waals surface area contributed by atoms with Crippen LogP contribution < -0.4 is 15.1 Å². The Morgan fingerprint density at radius 3 is 2.42 bits per heavy atom. The lowest BCUT2D eigenvalue weighted by molar-refractivity contribution is -0.121. The molecule has 0 radical (unpaired) electrons. The average molecular weight is 526 g/mol. The molecule has 0 aliphatic carbocycles. The molecular formula is C27H36FN7O3. The Labute approximate surface area is 222 Å². The fraction of sp³-hybridized carbons (Fsp3) is 0.556. The molecule has 1 atom stereocenters. The standard InChI is InChI=1S/C27H36FN7O3/c1-26(2)14-17(28)15-34(26)25(29)38-16-20-31-22(30-5)21-23(32-20)35(24(36)27(21,3)4)19-8-6-18(7-9-19)33-10-12-37-13-11-33/h6-9,17,29H,10-16H2,1-5H3,(H,30,31,32). The number of aromatic nitrogens is 2. The van der Waals surface area contributed by atoms with Gasteiger partial charge in [0, 0.05) is 37.8 Å². The van der Waals surface area contributed by atoms with E-state index in [2.05, 4.69) is 15.2 Å². The van der Waals surface area contributed by atoms with Gasteiger partial charge in [-0.05, 0) is 52.0 Å². The van der Waals surface area contributed by atoms with Crippen LogP contribution in [0.4, 0.5) is 27.4 Å². The summed E-state index contributed by atoms with van der Waals surface area (Å²) in [7, 11) is 1.75. The summed E-state index contributed by atoms with van der Waals surface area (Å²) >= 11 is 0. The number of halogens is 1. The highest BCUT2D eigenvalue weighted by Gasteiger charge is 2.48. The van der Waals surface area contributed by atoms with Crippen molar-refractivity contribution >= 4 is 34.9 Å². The van der Waals surface area contributed by atoms with E-state index in [1.807, 2.05) is 52.0 Å². The third-order valence-electron chi connectivity index (χ3n) is 7.65. The van der Waals surface area contributed by atoms with E-state index < -0.39 is 17.1 Å². The number of amides is 1. The van der Waals surface area contributed by atoms with Crippen LogP contribution in [-0.4, -0.2) is 78.4 Å². The lowest BCUT2D eigenvalue weighted by atomic mass is 9.87. The molecule has 2 N–H and O–H groups in total. The van der Waals surface area contributed by atoms with E-state index in [-0.39, 0.29) is 25.1 Å². The molecule has 4 heterocycles. The van der Waals surface area contributed by atoms with Crippen molar-refractivity contribution in [3.63, 3.8) is 0 Å². The predicted octanol–water partition coefficient (Wildman–Crippen LogP) is 3.58. The largest absolute Gasteiger partial charge is 0.457 e. The van der Waals surface area contributed by atoms with E-state index in [1.54, 1.807) is 16.8 Å². The third kappa shape index (κ3) is 4.53. The molecule has 1 unspecified atom stereocenters. The molecule has 0 saturated carbocycles. The van der Waals surface area contributed by atoms with Gasteiger partial charge in [-0.15, -0.1) is 0 Å². The number of benzene rings is 1. The molecule has 1 aromatic heterocycles. The number of carbonyl (C=O) groups is 1. The summed E-state index contributed by atoms with van der Waals surface area (Å²) in [6, 6.07) is 7.78. The number of nitrogens with one attached hydrogen (secondary N) is 2. The van der Waals surface area contributed by atoms with Gasteiger partial charge in [0.25, 0.3) is 6.02 Å². The second-order valence-electron chi connectivity index (χ2n) is 11.1. The zero-order valence-electron chi connectivity index (χ0n) is 22.7.